The molecule has 3 rings (SSSR count). The molecule has 0 saturated heterocycles. The first-order chi connectivity index (χ1) is 12.5. The van der Waals surface area contributed by atoms with Gasteiger partial charge in [-0.3, -0.25) is 9.48 Å². The molecule has 2 aromatic carbocycles. The number of amides is 1. The van der Waals surface area contributed by atoms with Crippen LogP contribution in [0.3, 0.4) is 0 Å². The molecule has 1 N–H and O–H groups in total. The molecular weight excluding hydrogens is 326 g/mol. The standard InChI is InChI=1S/C21H23N3O2/c1-14-5-10-20(26-4)19(11-14)22-21(25)18-8-6-17(7-9-18)13-24-16(3)12-15(2)23-24/h5-12H,13H2,1-4H3,(H,22,25). The highest BCUT2D eigenvalue weighted by Crippen LogP contribution is 2.25. The smallest absolute Gasteiger partial charge is 0.255 e. The zero-order valence-corrected chi connectivity index (χ0v) is 15.5. The fraction of sp³-hybridized carbons (Fsp3) is 0.238. The summed E-state index contributed by atoms with van der Waals surface area (Å²) in [6.07, 6.45) is 0. The van der Waals surface area contributed by atoms with Gasteiger partial charge < -0.3 is 10.1 Å². The lowest BCUT2D eigenvalue weighted by molar-refractivity contribution is 0.102. The van der Waals surface area contributed by atoms with Crippen LogP contribution in [0.15, 0.2) is 48.5 Å². The largest absolute Gasteiger partial charge is 0.495 e. The van der Waals surface area contributed by atoms with Crippen molar-refractivity contribution in [2.24, 2.45) is 0 Å². The van der Waals surface area contributed by atoms with E-state index < -0.39 is 0 Å². The molecule has 1 heterocycles. The Bertz CT molecular complexity index is 927. The van der Waals surface area contributed by atoms with Gasteiger partial charge in [-0.15, -0.1) is 0 Å². The van der Waals surface area contributed by atoms with Crippen LogP contribution in [-0.4, -0.2) is 22.8 Å². The molecular formula is C21H23N3O2. The van der Waals surface area contributed by atoms with Gasteiger partial charge in [-0.25, -0.2) is 0 Å². The third-order valence-corrected chi connectivity index (χ3v) is 4.26. The maximum absolute atomic E-state index is 12.5. The minimum absolute atomic E-state index is 0.161. The summed E-state index contributed by atoms with van der Waals surface area (Å²) in [5.74, 6) is 0.483. The number of ether oxygens (including phenoxy) is 1. The number of aryl methyl sites for hydroxylation is 3. The molecule has 3 aromatic rings. The van der Waals surface area contributed by atoms with Gasteiger partial charge >= 0.3 is 0 Å². The summed E-state index contributed by atoms with van der Waals surface area (Å²) in [5, 5.41) is 7.39. The molecule has 0 aliphatic rings. The Morgan fingerprint density at radius 3 is 2.42 bits per heavy atom. The molecule has 0 radical (unpaired) electrons. The minimum atomic E-state index is -0.161. The molecule has 0 saturated carbocycles. The van der Waals surface area contributed by atoms with Gasteiger partial charge in [0, 0.05) is 11.3 Å². The predicted molar refractivity (Wildman–Crippen MR) is 103 cm³/mol. The Balaban J connectivity index is 1.73. The maximum atomic E-state index is 12.5. The second-order valence-corrected chi connectivity index (χ2v) is 6.44. The average molecular weight is 349 g/mol. The van der Waals surface area contributed by atoms with Gasteiger partial charge in [-0.05, 0) is 62.2 Å². The van der Waals surface area contributed by atoms with Crippen LogP contribution in [0.4, 0.5) is 5.69 Å². The number of nitrogens with one attached hydrogen (secondary N) is 1. The van der Waals surface area contributed by atoms with Crippen molar-refractivity contribution >= 4 is 11.6 Å². The van der Waals surface area contributed by atoms with Crippen molar-refractivity contribution in [3.05, 3.63) is 76.6 Å². The Labute approximate surface area is 153 Å². The fourth-order valence-corrected chi connectivity index (χ4v) is 2.88. The van der Waals surface area contributed by atoms with Crippen molar-refractivity contribution in [1.82, 2.24) is 9.78 Å². The number of aromatic nitrogens is 2. The normalized spacial score (nSPS) is 10.6. The van der Waals surface area contributed by atoms with Crippen molar-refractivity contribution in [2.45, 2.75) is 27.3 Å². The van der Waals surface area contributed by atoms with E-state index in [1.165, 1.54) is 0 Å². The monoisotopic (exact) mass is 349 g/mol. The first-order valence-electron chi connectivity index (χ1n) is 8.52. The number of hydrogen-bond donors (Lipinski definition) is 1. The highest BCUT2D eigenvalue weighted by Gasteiger charge is 2.10. The zero-order chi connectivity index (χ0) is 18.7. The van der Waals surface area contributed by atoms with Crippen molar-refractivity contribution in [3.8, 4) is 5.75 Å². The summed E-state index contributed by atoms with van der Waals surface area (Å²) in [5.41, 5.74) is 5.55. The van der Waals surface area contributed by atoms with Crippen LogP contribution in [0.5, 0.6) is 5.75 Å². The third kappa shape index (κ3) is 3.94. The van der Waals surface area contributed by atoms with Gasteiger partial charge in [0.05, 0.1) is 25.0 Å². The molecule has 5 heteroatoms. The quantitative estimate of drug-likeness (QED) is 0.754. The summed E-state index contributed by atoms with van der Waals surface area (Å²) >= 11 is 0. The van der Waals surface area contributed by atoms with Crippen LogP contribution in [-0.2, 0) is 6.54 Å². The number of rotatable bonds is 5. The number of methoxy groups -OCH3 is 1. The van der Waals surface area contributed by atoms with Gasteiger partial charge in [-0.1, -0.05) is 18.2 Å². The third-order valence-electron chi connectivity index (χ3n) is 4.26. The molecule has 0 atom stereocenters. The Hall–Kier alpha value is -3.08. The van der Waals surface area contributed by atoms with Gasteiger partial charge in [-0.2, -0.15) is 5.10 Å². The Morgan fingerprint density at radius 2 is 1.81 bits per heavy atom. The van der Waals surface area contributed by atoms with Crippen LogP contribution in [0.25, 0.3) is 0 Å². The Kier molecular flexibility index (Phi) is 5.07. The first kappa shape index (κ1) is 17.7. The lowest BCUT2D eigenvalue weighted by Gasteiger charge is -2.11. The van der Waals surface area contributed by atoms with Gasteiger partial charge in [0.2, 0.25) is 0 Å². The molecule has 5 nitrogen and oxygen atoms in total. The lowest BCUT2D eigenvalue weighted by atomic mass is 10.1. The summed E-state index contributed by atoms with van der Waals surface area (Å²) in [6, 6.07) is 15.3. The van der Waals surface area contributed by atoms with Crippen molar-refractivity contribution in [2.75, 3.05) is 12.4 Å². The van der Waals surface area contributed by atoms with E-state index in [4.69, 9.17) is 4.74 Å². The number of hydrogen-bond acceptors (Lipinski definition) is 3. The lowest BCUT2D eigenvalue weighted by Crippen LogP contribution is -2.13. The summed E-state index contributed by atoms with van der Waals surface area (Å²) in [4.78, 5) is 12.5. The van der Waals surface area contributed by atoms with Crippen molar-refractivity contribution in [3.63, 3.8) is 0 Å². The number of benzene rings is 2. The second-order valence-electron chi connectivity index (χ2n) is 6.44. The van der Waals surface area contributed by atoms with E-state index >= 15 is 0 Å². The SMILES string of the molecule is COc1ccc(C)cc1NC(=O)c1ccc(Cn2nc(C)cc2C)cc1. The van der Waals surface area contributed by atoms with Crippen LogP contribution >= 0.6 is 0 Å². The van der Waals surface area contributed by atoms with E-state index in [0.29, 0.717) is 23.5 Å². The van der Waals surface area contributed by atoms with E-state index in [1.807, 2.05) is 67.9 Å². The van der Waals surface area contributed by atoms with Gasteiger partial charge in [0.25, 0.3) is 5.91 Å². The molecule has 0 bridgehead atoms. The van der Waals surface area contributed by atoms with Gasteiger partial charge in [0.1, 0.15) is 5.75 Å². The number of anilines is 1. The molecule has 0 spiro atoms. The van der Waals surface area contributed by atoms with Crippen LogP contribution in [0.2, 0.25) is 0 Å². The van der Waals surface area contributed by atoms with Gasteiger partial charge in [0.15, 0.2) is 0 Å². The summed E-state index contributed by atoms with van der Waals surface area (Å²) in [6.45, 7) is 6.68. The minimum Gasteiger partial charge on any atom is -0.495 e. The maximum Gasteiger partial charge on any atom is 0.255 e. The summed E-state index contributed by atoms with van der Waals surface area (Å²) < 4.78 is 7.27. The molecule has 0 aliphatic heterocycles. The molecule has 0 fully saturated rings. The highest BCUT2D eigenvalue weighted by molar-refractivity contribution is 6.05. The van der Waals surface area contributed by atoms with Crippen LogP contribution < -0.4 is 10.1 Å². The number of nitrogens with zero attached hydrogens (tertiary/aromatic N) is 2. The molecule has 0 aliphatic carbocycles. The molecule has 26 heavy (non-hydrogen) atoms. The van der Waals surface area contributed by atoms with Crippen LogP contribution in [0, 0.1) is 20.8 Å². The van der Waals surface area contributed by atoms with E-state index in [0.717, 1.165) is 22.5 Å². The fourth-order valence-electron chi connectivity index (χ4n) is 2.88. The Morgan fingerprint density at radius 1 is 1.08 bits per heavy atom. The first-order valence-corrected chi connectivity index (χ1v) is 8.52. The molecule has 0 unspecified atom stereocenters. The van der Waals surface area contributed by atoms with E-state index in [1.54, 1.807) is 7.11 Å². The topological polar surface area (TPSA) is 56.1 Å². The van der Waals surface area contributed by atoms with Crippen molar-refractivity contribution < 1.29 is 9.53 Å². The second kappa shape index (κ2) is 7.44. The van der Waals surface area contributed by atoms with E-state index in [9.17, 15) is 4.79 Å². The summed E-state index contributed by atoms with van der Waals surface area (Å²) in [7, 11) is 1.59. The molecule has 134 valence electrons. The average Bonchev–Trinajstić information content (AvgIpc) is 2.93. The molecule has 1 amide bonds. The highest BCUT2D eigenvalue weighted by atomic mass is 16.5. The van der Waals surface area contributed by atoms with E-state index in [-0.39, 0.29) is 5.91 Å². The number of carbonyl (C=O) groups is 1. The molecule has 1 aromatic heterocycles. The van der Waals surface area contributed by atoms with E-state index in [2.05, 4.69) is 16.5 Å². The van der Waals surface area contributed by atoms with Crippen molar-refractivity contribution in [1.29, 1.82) is 0 Å². The number of carbonyl (C=O) groups excluding carboxylic acids is 1. The zero-order valence-electron chi connectivity index (χ0n) is 15.5. The predicted octanol–water partition coefficient (Wildman–Crippen LogP) is 4.12. The van der Waals surface area contributed by atoms with Crippen LogP contribution in [0.1, 0.15) is 32.9 Å².